The molecule has 0 amide bonds. The molecular weight excluding hydrogens is 741 g/mol. The summed E-state index contributed by atoms with van der Waals surface area (Å²) in [6, 6.07) is 0. The van der Waals surface area contributed by atoms with Crippen molar-refractivity contribution in [1.29, 1.82) is 0 Å². The fourth-order valence-corrected chi connectivity index (χ4v) is 7.76. The van der Waals surface area contributed by atoms with Crippen LogP contribution in [0.3, 0.4) is 0 Å². The van der Waals surface area contributed by atoms with E-state index in [9.17, 15) is 9.59 Å². The summed E-state index contributed by atoms with van der Waals surface area (Å²) in [6.07, 6.45) is 61.7. The van der Waals surface area contributed by atoms with E-state index < -0.39 is 6.10 Å². The smallest absolute Gasteiger partial charge is 0.306 e. The average molecular weight is 843 g/mol. The van der Waals surface area contributed by atoms with Gasteiger partial charge in [-0.3, -0.25) is 9.59 Å². The van der Waals surface area contributed by atoms with E-state index in [1.165, 1.54) is 180 Å². The van der Waals surface area contributed by atoms with Crippen LogP contribution in [0.25, 0.3) is 0 Å². The van der Waals surface area contributed by atoms with Gasteiger partial charge < -0.3 is 14.2 Å². The number of carbonyl (C=O) groups excluding carboxylic acids is 2. The summed E-state index contributed by atoms with van der Waals surface area (Å²) in [6.45, 7) is 7.73. The predicted molar refractivity (Wildman–Crippen MR) is 261 cm³/mol. The van der Waals surface area contributed by atoms with Crippen LogP contribution >= 0.6 is 0 Å². The molecule has 0 aliphatic carbocycles. The number of allylic oxidation sites excluding steroid dienone is 6. The summed E-state index contributed by atoms with van der Waals surface area (Å²) < 4.78 is 17.4. The summed E-state index contributed by atoms with van der Waals surface area (Å²) in [5.41, 5.74) is 0. The molecule has 60 heavy (non-hydrogen) atoms. The molecule has 0 aliphatic rings. The molecule has 0 aromatic rings. The van der Waals surface area contributed by atoms with Crippen LogP contribution in [0.2, 0.25) is 0 Å². The fourth-order valence-electron chi connectivity index (χ4n) is 7.76. The first-order chi connectivity index (χ1) is 29.6. The number of esters is 2. The Labute approximate surface area is 374 Å². The molecule has 0 aromatic carbocycles. The van der Waals surface area contributed by atoms with Gasteiger partial charge in [0.2, 0.25) is 0 Å². The molecule has 0 saturated heterocycles. The maximum atomic E-state index is 12.7. The molecule has 0 fully saturated rings. The van der Waals surface area contributed by atoms with Crippen molar-refractivity contribution in [2.24, 2.45) is 0 Å². The van der Waals surface area contributed by atoms with E-state index in [-0.39, 0.29) is 25.2 Å². The van der Waals surface area contributed by atoms with Crippen molar-refractivity contribution in [1.82, 2.24) is 0 Å². The summed E-state index contributed by atoms with van der Waals surface area (Å²) >= 11 is 0. The second-order valence-electron chi connectivity index (χ2n) is 17.8. The molecule has 0 spiro atoms. The minimum atomic E-state index is -0.536. The molecule has 0 N–H and O–H groups in total. The van der Waals surface area contributed by atoms with Gasteiger partial charge in [-0.2, -0.15) is 0 Å². The van der Waals surface area contributed by atoms with E-state index in [4.69, 9.17) is 14.2 Å². The zero-order valence-corrected chi connectivity index (χ0v) is 40.5. The van der Waals surface area contributed by atoms with E-state index in [1.54, 1.807) is 0 Å². The Kier molecular flexibility index (Phi) is 49.9. The molecule has 5 nitrogen and oxygen atoms in total. The molecular formula is C55H102O5. The van der Waals surface area contributed by atoms with Crippen molar-refractivity contribution in [3.05, 3.63) is 36.5 Å². The molecule has 0 rings (SSSR count). The van der Waals surface area contributed by atoms with Crippen LogP contribution in [0.4, 0.5) is 0 Å². The van der Waals surface area contributed by atoms with Crippen molar-refractivity contribution >= 4 is 11.9 Å². The molecule has 352 valence electrons. The first-order valence-electron chi connectivity index (χ1n) is 26.5. The molecule has 0 radical (unpaired) electrons. The van der Waals surface area contributed by atoms with Gasteiger partial charge in [0.25, 0.3) is 0 Å². The van der Waals surface area contributed by atoms with Gasteiger partial charge in [-0.15, -0.1) is 0 Å². The summed E-state index contributed by atoms with van der Waals surface area (Å²) in [7, 11) is 0. The number of hydrogen-bond acceptors (Lipinski definition) is 5. The predicted octanol–water partition coefficient (Wildman–Crippen LogP) is 17.8. The Bertz CT molecular complexity index is 955. The fraction of sp³-hybridized carbons (Fsp3) is 0.855. The van der Waals surface area contributed by atoms with Crippen LogP contribution in [0.15, 0.2) is 36.5 Å². The van der Waals surface area contributed by atoms with Crippen molar-refractivity contribution in [3.63, 3.8) is 0 Å². The van der Waals surface area contributed by atoms with Crippen molar-refractivity contribution in [2.75, 3.05) is 19.8 Å². The van der Waals surface area contributed by atoms with Gasteiger partial charge >= 0.3 is 11.9 Å². The van der Waals surface area contributed by atoms with Gasteiger partial charge in [-0.25, -0.2) is 0 Å². The maximum Gasteiger partial charge on any atom is 0.306 e. The summed E-state index contributed by atoms with van der Waals surface area (Å²) in [5.74, 6) is -0.405. The van der Waals surface area contributed by atoms with Crippen molar-refractivity contribution < 1.29 is 23.8 Å². The van der Waals surface area contributed by atoms with Gasteiger partial charge in [0, 0.05) is 19.4 Å². The molecule has 0 saturated carbocycles. The number of carbonyl (C=O) groups is 2. The first-order valence-corrected chi connectivity index (χ1v) is 26.5. The molecule has 5 heteroatoms. The van der Waals surface area contributed by atoms with E-state index >= 15 is 0 Å². The van der Waals surface area contributed by atoms with Gasteiger partial charge in [0.15, 0.2) is 6.10 Å². The quantitative estimate of drug-likeness (QED) is 0.0347. The van der Waals surface area contributed by atoms with E-state index in [2.05, 4.69) is 57.2 Å². The highest BCUT2D eigenvalue weighted by Crippen LogP contribution is 2.16. The molecule has 0 aromatic heterocycles. The van der Waals surface area contributed by atoms with Crippen LogP contribution < -0.4 is 0 Å². The number of ether oxygens (including phenoxy) is 3. The lowest BCUT2D eigenvalue weighted by Gasteiger charge is -2.18. The maximum absolute atomic E-state index is 12.7. The molecule has 0 heterocycles. The van der Waals surface area contributed by atoms with Crippen molar-refractivity contribution in [2.45, 2.75) is 284 Å². The average Bonchev–Trinajstić information content (AvgIpc) is 3.25. The van der Waals surface area contributed by atoms with Crippen LogP contribution in [0.5, 0.6) is 0 Å². The molecule has 0 bridgehead atoms. The van der Waals surface area contributed by atoms with Gasteiger partial charge in [-0.05, 0) is 51.4 Å². The van der Waals surface area contributed by atoms with Crippen LogP contribution in [0, 0.1) is 0 Å². The molecule has 1 atom stereocenters. The highest BCUT2D eigenvalue weighted by Gasteiger charge is 2.17. The second kappa shape index (κ2) is 51.5. The highest BCUT2D eigenvalue weighted by molar-refractivity contribution is 5.70. The third-order valence-electron chi connectivity index (χ3n) is 11.7. The number of rotatable bonds is 49. The van der Waals surface area contributed by atoms with Crippen molar-refractivity contribution in [3.8, 4) is 0 Å². The minimum absolute atomic E-state index is 0.0819. The Morgan fingerprint density at radius 1 is 0.383 bits per heavy atom. The lowest BCUT2D eigenvalue weighted by molar-refractivity contribution is -0.163. The topological polar surface area (TPSA) is 61.8 Å². The van der Waals surface area contributed by atoms with Gasteiger partial charge in [0.1, 0.15) is 6.61 Å². The second-order valence-corrected chi connectivity index (χ2v) is 17.8. The molecule has 0 aliphatic heterocycles. The monoisotopic (exact) mass is 843 g/mol. The van der Waals surface area contributed by atoms with E-state index in [0.29, 0.717) is 19.4 Å². The van der Waals surface area contributed by atoms with E-state index in [0.717, 1.165) is 64.2 Å². The number of unbranched alkanes of at least 4 members (excludes halogenated alkanes) is 32. The zero-order chi connectivity index (χ0) is 43.5. The summed E-state index contributed by atoms with van der Waals surface area (Å²) in [5, 5.41) is 0. The lowest BCUT2D eigenvalue weighted by Crippen LogP contribution is -2.30. The third kappa shape index (κ3) is 48.8. The summed E-state index contributed by atoms with van der Waals surface area (Å²) in [4.78, 5) is 25.3. The van der Waals surface area contributed by atoms with E-state index in [1.807, 2.05) is 0 Å². The Balaban J connectivity index is 4.13. The normalized spacial score (nSPS) is 12.4. The van der Waals surface area contributed by atoms with Crippen LogP contribution in [0.1, 0.15) is 278 Å². The van der Waals surface area contributed by atoms with Gasteiger partial charge in [0.05, 0.1) is 6.61 Å². The van der Waals surface area contributed by atoms with Crippen LogP contribution in [-0.4, -0.2) is 37.9 Å². The Hall–Kier alpha value is -1.88. The Morgan fingerprint density at radius 2 is 0.750 bits per heavy atom. The Morgan fingerprint density at radius 3 is 1.20 bits per heavy atom. The van der Waals surface area contributed by atoms with Gasteiger partial charge in [-0.1, -0.05) is 250 Å². The minimum Gasteiger partial charge on any atom is -0.462 e. The SMILES string of the molecule is CC/C=C\C/C=C\C/C=C\CCCCCCCC(=O)OCC(COCCCCCCCCCCCCCCCCCCCCCC)OC(=O)CCCCCCCCCCC. The lowest BCUT2D eigenvalue weighted by atomic mass is 10.0. The van der Waals surface area contributed by atoms with Crippen LogP contribution in [-0.2, 0) is 23.8 Å². The number of hydrogen-bond donors (Lipinski definition) is 0. The zero-order valence-electron chi connectivity index (χ0n) is 40.5. The third-order valence-corrected chi connectivity index (χ3v) is 11.7. The molecule has 1 unspecified atom stereocenters. The standard InChI is InChI=1S/C55H102O5/c1-4-7-10-13-16-19-21-23-25-26-27-28-29-31-33-35-38-41-44-47-50-58-51-53(60-55(57)49-46-43-40-36-18-15-12-9-6-3)52-59-54(56)48-45-42-39-37-34-32-30-24-22-20-17-14-11-8-5-2/h8,11,17,20,24,30,53H,4-7,9-10,12-16,18-19,21-23,25-29,31-52H2,1-3H3/b11-8-,20-17-,30-24-. The first kappa shape index (κ1) is 58.1. The highest BCUT2D eigenvalue weighted by atomic mass is 16.6. The largest absolute Gasteiger partial charge is 0.462 e.